The normalized spacial score (nSPS) is 15.3. The van der Waals surface area contributed by atoms with Crippen LogP contribution in [0.4, 0.5) is 43.7 Å². The Hall–Kier alpha value is -4.60. The second-order valence-corrected chi connectivity index (χ2v) is 9.18. The van der Waals surface area contributed by atoms with Crippen molar-refractivity contribution >= 4 is 29.2 Å². The van der Waals surface area contributed by atoms with Gasteiger partial charge in [0.25, 0.3) is 11.5 Å². The number of nitrogens with zero attached hydrogens (tertiary/aromatic N) is 4. The van der Waals surface area contributed by atoms with Gasteiger partial charge in [-0.25, -0.2) is 14.8 Å². The summed E-state index contributed by atoms with van der Waals surface area (Å²) in [5.41, 5.74) is 8.71. The van der Waals surface area contributed by atoms with Gasteiger partial charge in [-0.3, -0.25) is 4.79 Å². The molecule has 0 bridgehead atoms. The van der Waals surface area contributed by atoms with E-state index in [2.05, 4.69) is 14.9 Å². The molecular formula is C26H26F6N6O4. The maximum Gasteiger partial charge on any atom is 0.490 e. The lowest BCUT2D eigenvalue weighted by Crippen LogP contribution is -2.52. The number of aliphatic hydroxyl groups is 1. The number of primary amides is 1. The number of halogens is 6. The number of aromatic nitrogens is 2. The van der Waals surface area contributed by atoms with Crippen molar-refractivity contribution < 1.29 is 46.1 Å². The number of rotatable bonds is 5. The highest BCUT2D eigenvalue weighted by Gasteiger charge is 2.60. The number of hydrogen-bond acceptors (Lipinski definition) is 8. The molecule has 0 saturated carbocycles. The molecule has 2 aromatic carbocycles. The van der Waals surface area contributed by atoms with E-state index < -0.39 is 35.4 Å². The zero-order chi connectivity index (χ0) is 31.5. The number of carbonyl (C=O) groups is 2. The van der Waals surface area contributed by atoms with Gasteiger partial charge in [-0.05, 0) is 30.7 Å². The Morgan fingerprint density at radius 2 is 1.48 bits per heavy atom. The number of carbonyl (C=O) groups excluding carboxylic acids is 1. The molecule has 226 valence electrons. The van der Waals surface area contributed by atoms with E-state index in [1.54, 1.807) is 6.92 Å². The number of nitrogens with two attached hydrogens (primary N) is 2. The maximum absolute atomic E-state index is 13.6. The number of carboxylic acids is 1. The first-order valence-corrected chi connectivity index (χ1v) is 12.1. The number of aliphatic carboxylic acids is 1. The SMILES string of the molecule is Cc1ccc(C(O)(C(N)=O)C(F)(F)F)cc1-c1cnc(N)c(N2CCN(c3ccccc3)CC2)n1.O=C(O)C(F)(F)F. The zero-order valence-electron chi connectivity index (χ0n) is 21.9. The smallest absolute Gasteiger partial charge is 0.475 e. The second-order valence-electron chi connectivity index (χ2n) is 9.18. The Balaban J connectivity index is 0.000000616. The molecule has 1 fully saturated rings. The summed E-state index contributed by atoms with van der Waals surface area (Å²) in [6.07, 6.45) is -9.04. The fourth-order valence-corrected chi connectivity index (χ4v) is 4.14. The molecule has 10 nitrogen and oxygen atoms in total. The van der Waals surface area contributed by atoms with Crippen LogP contribution in [-0.2, 0) is 15.2 Å². The first-order chi connectivity index (χ1) is 19.5. The Labute approximate surface area is 235 Å². The van der Waals surface area contributed by atoms with E-state index in [1.807, 2.05) is 35.2 Å². The Bertz CT molecular complexity index is 1430. The lowest BCUT2D eigenvalue weighted by molar-refractivity contribution is -0.255. The van der Waals surface area contributed by atoms with Crippen molar-refractivity contribution in [3.05, 3.63) is 65.9 Å². The van der Waals surface area contributed by atoms with E-state index >= 15 is 0 Å². The van der Waals surface area contributed by atoms with Crippen LogP contribution >= 0.6 is 0 Å². The Morgan fingerprint density at radius 3 is 1.98 bits per heavy atom. The number of aryl methyl sites for hydroxylation is 1. The summed E-state index contributed by atoms with van der Waals surface area (Å²) in [7, 11) is 0. The van der Waals surface area contributed by atoms with Crippen LogP contribution in [0.15, 0.2) is 54.7 Å². The minimum absolute atomic E-state index is 0.194. The van der Waals surface area contributed by atoms with Crippen molar-refractivity contribution in [1.82, 2.24) is 9.97 Å². The van der Waals surface area contributed by atoms with Crippen LogP contribution in [-0.4, -0.2) is 70.6 Å². The van der Waals surface area contributed by atoms with Gasteiger partial charge in [0.15, 0.2) is 11.6 Å². The molecule has 1 unspecified atom stereocenters. The summed E-state index contributed by atoms with van der Waals surface area (Å²) in [4.78, 5) is 33.5. The minimum Gasteiger partial charge on any atom is -0.475 e. The van der Waals surface area contributed by atoms with Crippen molar-refractivity contribution in [2.45, 2.75) is 24.9 Å². The van der Waals surface area contributed by atoms with Crippen molar-refractivity contribution in [2.24, 2.45) is 5.73 Å². The first-order valence-electron chi connectivity index (χ1n) is 12.1. The molecule has 0 radical (unpaired) electrons. The summed E-state index contributed by atoms with van der Waals surface area (Å²) in [6, 6.07) is 13.4. The molecule has 1 saturated heterocycles. The van der Waals surface area contributed by atoms with E-state index in [1.165, 1.54) is 12.3 Å². The van der Waals surface area contributed by atoms with Crippen LogP contribution in [0.2, 0.25) is 0 Å². The van der Waals surface area contributed by atoms with Crippen LogP contribution in [0.5, 0.6) is 0 Å². The number of hydrogen-bond donors (Lipinski definition) is 4. The van der Waals surface area contributed by atoms with Crippen LogP contribution < -0.4 is 21.3 Å². The lowest BCUT2D eigenvalue weighted by Gasteiger charge is -2.37. The van der Waals surface area contributed by atoms with Crippen molar-refractivity contribution in [2.75, 3.05) is 41.7 Å². The van der Waals surface area contributed by atoms with Gasteiger partial charge in [0.1, 0.15) is 0 Å². The predicted molar refractivity (Wildman–Crippen MR) is 140 cm³/mol. The molecule has 1 aliphatic rings. The van der Waals surface area contributed by atoms with Crippen LogP contribution in [0.25, 0.3) is 11.3 Å². The third-order valence-corrected chi connectivity index (χ3v) is 6.42. The fraction of sp³-hybridized carbons (Fsp3) is 0.308. The number of nitrogen functional groups attached to an aromatic ring is 1. The topological polar surface area (TPSA) is 159 Å². The molecule has 0 aliphatic carbocycles. The van der Waals surface area contributed by atoms with Gasteiger partial charge in [0.05, 0.1) is 11.9 Å². The highest BCUT2D eigenvalue weighted by molar-refractivity contribution is 5.86. The monoisotopic (exact) mass is 600 g/mol. The Kier molecular flexibility index (Phi) is 9.20. The third kappa shape index (κ3) is 6.82. The number of amides is 1. The summed E-state index contributed by atoms with van der Waals surface area (Å²) in [5.74, 6) is -4.06. The summed E-state index contributed by atoms with van der Waals surface area (Å²) in [6.45, 7) is 4.35. The molecule has 3 aromatic rings. The Morgan fingerprint density at radius 1 is 0.929 bits per heavy atom. The molecule has 4 rings (SSSR count). The van der Waals surface area contributed by atoms with E-state index in [0.29, 0.717) is 24.5 Å². The molecule has 42 heavy (non-hydrogen) atoms. The third-order valence-electron chi connectivity index (χ3n) is 6.42. The molecular weight excluding hydrogens is 574 g/mol. The number of para-hydroxylation sites is 1. The van der Waals surface area contributed by atoms with Gasteiger partial charge < -0.3 is 31.5 Å². The number of alkyl halides is 6. The molecule has 1 aliphatic heterocycles. The van der Waals surface area contributed by atoms with Gasteiger partial charge in [0, 0.05) is 43.0 Å². The number of anilines is 3. The van der Waals surface area contributed by atoms with Gasteiger partial charge in [0.2, 0.25) is 0 Å². The molecule has 1 atom stereocenters. The van der Waals surface area contributed by atoms with Crippen LogP contribution in [0.3, 0.4) is 0 Å². The van der Waals surface area contributed by atoms with Crippen molar-refractivity contribution in [1.29, 1.82) is 0 Å². The van der Waals surface area contributed by atoms with E-state index in [4.69, 9.17) is 21.4 Å². The fourth-order valence-electron chi connectivity index (χ4n) is 4.14. The second kappa shape index (κ2) is 12.1. The summed E-state index contributed by atoms with van der Waals surface area (Å²) >= 11 is 0. The largest absolute Gasteiger partial charge is 0.490 e. The van der Waals surface area contributed by atoms with Crippen molar-refractivity contribution in [3.8, 4) is 11.3 Å². The van der Waals surface area contributed by atoms with E-state index in [-0.39, 0.29) is 17.1 Å². The summed E-state index contributed by atoms with van der Waals surface area (Å²) in [5, 5.41) is 17.3. The highest BCUT2D eigenvalue weighted by atomic mass is 19.4. The lowest BCUT2D eigenvalue weighted by atomic mass is 9.89. The van der Waals surface area contributed by atoms with Crippen molar-refractivity contribution in [3.63, 3.8) is 0 Å². The first kappa shape index (κ1) is 31.9. The average Bonchev–Trinajstić information content (AvgIpc) is 2.93. The van der Waals surface area contributed by atoms with E-state index in [9.17, 15) is 36.2 Å². The van der Waals surface area contributed by atoms with Gasteiger partial charge in [-0.15, -0.1) is 0 Å². The van der Waals surface area contributed by atoms with Gasteiger partial charge in [-0.1, -0.05) is 30.3 Å². The molecule has 1 aromatic heterocycles. The zero-order valence-corrected chi connectivity index (χ0v) is 21.9. The maximum atomic E-state index is 13.6. The molecule has 0 spiro atoms. The van der Waals surface area contributed by atoms with Crippen LogP contribution in [0.1, 0.15) is 11.1 Å². The average molecular weight is 601 g/mol. The number of benzene rings is 2. The predicted octanol–water partition coefficient (Wildman–Crippen LogP) is 3.23. The van der Waals surface area contributed by atoms with Gasteiger partial charge in [-0.2, -0.15) is 26.3 Å². The minimum atomic E-state index is -5.30. The van der Waals surface area contributed by atoms with E-state index in [0.717, 1.165) is 30.9 Å². The standard InChI is InChI=1S/C24H25F3N6O2.C2HF3O2/c1-15-7-8-16(23(35,22(29)34)24(25,26)27)13-18(15)19-14-30-20(28)21(31-19)33-11-9-32(10-12-33)17-5-3-2-4-6-17;3-2(4,5)1(6)7/h2-8,13-14,35H,9-12H2,1H3,(H2,28,30)(H2,29,34);(H,6,7). The van der Waals surface area contributed by atoms with Gasteiger partial charge >= 0.3 is 18.3 Å². The molecule has 2 heterocycles. The molecule has 6 N–H and O–H groups in total. The highest BCUT2D eigenvalue weighted by Crippen LogP contribution is 2.40. The summed E-state index contributed by atoms with van der Waals surface area (Å²) < 4.78 is 72.5. The quantitative estimate of drug-likeness (QED) is 0.323. The number of piperazine rings is 1. The van der Waals surface area contributed by atoms with Crippen LogP contribution in [0, 0.1) is 6.92 Å². The molecule has 16 heteroatoms. The molecule has 1 amide bonds. The number of carboxylic acid groups (broad SMARTS) is 1.